The number of pyridine rings is 1. The van der Waals surface area contributed by atoms with E-state index in [0.29, 0.717) is 0 Å². The number of aryl methyl sites for hydroxylation is 2. The van der Waals surface area contributed by atoms with Crippen LogP contribution in [0.1, 0.15) is 16.7 Å². The predicted octanol–water partition coefficient (Wildman–Crippen LogP) is 4.34. The van der Waals surface area contributed by atoms with Gasteiger partial charge in [-0.15, -0.1) is 0 Å². The van der Waals surface area contributed by atoms with Gasteiger partial charge in [0, 0.05) is 56.1 Å². The lowest BCUT2D eigenvalue weighted by atomic mass is 10.1. The van der Waals surface area contributed by atoms with Gasteiger partial charge in [-0.3, -0.25) is 10.1 Å². The minimum absolute atomic E-state index is 0.144. The predicted molar refractivity (Wildman–Crippen MR) is 131 cm³/mol. The first kappa shape index (κ1) is 23.2. The van der Waals surface area contributed by atoms with Crippen LogP contribution in [0.4, 0.5) is 11.4 Å². The Morgan fingerprint density at radius 1 is 0.844 bits per heavy atom. The number of anilines is 1. The van der Waals surface area contributed by atoms with Crippen molar-refractivity contribution in [2.24, 2.45) is 7.05 Å². The summed E-state index contributed by atoms with van der Waals surface area (Å²) in [6, 6.07) is 19.5. The molecule has 1 aliphatic heterocycles. The van der Waals surface area contributed by atoms with E-state index in [1.54, 1.807) is 12.1 Å². The molecule has 0 unspecified atom stereocenters. The summed E-state index contributed by atoms with van der Waals surface area (Å²) < 4.78 is 2.04. The van der Waals surface area contributed by atoms with Crippen LogP contribution < -0.4 is 9.47 Å². The number of nitrogens with zero attached hydrogens (tertiary/aromatic N) is 4. The smallest absolute Gasteiger partial charge is 0.269 e. The van der Waals surface area contributed by atoms with Crippen LogP contribution in [0.3, 0.4) is 0 Å². The average molecular weight is 432 g/mol. The van der Waals surface area contributed by atoms with Crippen molar-refractivity contribution in [1.29, 1.82) is 0 Å². The molecule has 6 heteroatoms. The number of benzene rings is 2. The van der Waals surface area contributed by atoms with Crippen LogP contribution in [0.5, 0.6) is 0 Å². The van der Waals surface area contributed by atoms with Gasteiger partial charge in [0.05, 0.1) is 4.92 Å². The van der Waals surface area contributed by atoms with Crippen molar-refractivity contribution in [3.8, 4) is 0 Å². The van der Waals surface area contributed by atoms with Gasteiger partial charge in [-0.25, -0.2) is 4.57 Å². The second-order valence-electron chi connectivity index (χ2n) is 8.10. The van der Waals surface area contributed by atoms with Crippen LogP contribution in [0, 0.1) is 17.0 Å². The van der Waals surface area contributed by atoms with Crippen LogP contribution >= 0.6 is 0 Å². The molecule has 1 aromatic heterocycles. The summed E-state index contributed by atoms with van der Waals surface area (Å²) in [5.41, 5.74) is 4.97. The molecule has 4 rings (SSSR count). The van der Waals surface area contributed by atoms with E-state index in [9.17, 15) is 10.1 Å². The topological polar surface area (TPSA) is 53.5 Å². The fourth-order valence-corrected chi connectivity index (χ4v) is 3.34. The van der Waals surface area contributed by atoms with Crippen molar-refractivity contribution in [3.05, 3.63) is 99.9 Å². The molecular formula is C26H31N4O2+. The second kappa shape index (κ2) is 11.2. The second-order valence-corrected chi connectivity index (χ2v) is 8.10. The Morgan fingerprint density at radius 2 is 1.38 bits per heavy atom. The first-order valence-corrected chi connectivity index (χ1v) is 10.8. The third-order valence-electron chi connectivity index (χ3n) is 5.48. The molecule has 1 fully saturated rings. The van der Waals surface area contributed by atoms with E-state index < -0.39 is 4.92 Å². The van der Waals surface area contributed by atoms with Crippen molar-refractivity contribution < 1.29 is 9.49 Å². The van der Waals surface area contributed by atoms with Crippen LogP contribution in [0.15, 0.2) is 73.1 Å². The number of aromatic nitrogens is 1. The molecule has 32 heavy (non-hydrogen) atoms. The lowest BCUT2D eigenvalue weighted by molar-refractivity contribution is -0.671. The summed E-state index contributed by atoms with van der Waals surface area (Å²) >= 11 is 0. The summed E-state index contributed by atoms with van der Waals surface area (Å²) in [7, 11) is 4.22. The van der Waals surface area contributed by atoms with Crippen molar-refractivity contribution >= 4 is 23.5 Å². The number of nitro groups is 1. The van der Waals surface area contributed by atoms with Gasteiger partial charge in [0.15, 0.2) is 12.4 Å². The zero-order valence-corrected chi connectivity index (χ0v) is 19.0. The van der Waals surface area contributed by atoms with Crippen molar-refractivity contribution in [3.63, 3.8) is 0 Å². The Labute approximate surface area is 190 Å². The van der Waals surface area contributed by atoms with E-state index in [-0.39, 0.29) is 5.69 Å². The average Bonchev–Trinajstić information content (AvgIpc) is 2.80. The van der Waals surface area contributed by atoms with Gasteiger partial charge in [0.25, 0.3) is 5.69 Å². The van der Waals surface area contributed by atoms with Gasteiger partial charge in [-0.2, -0.15) is 0 Å². The Kier molecular flexibility index (Phi) is 8.11. The fourth-order valence-electron chi connectivity index (χ4n) is 3.34. The molecule has 0 saturated carbocycles. The molecule has 6 nitrogen and oxygen atoms in total. The van der Waals surface area contributed by atoms with Gasteiger partial charge < -0.3 is 9.80 Å². The summed E-state index contributed by atoms with van der Waals surface area (Å²) in [5.74, 6) is 0. The molecule has 0 spiro atoms. The number of piperazine rings is 1. The SMILES string of the molecule is CN1CCN(c2ccc(/C=C/c3cc[n+](C)cc3)cc2)CC1.Cc1ccc([N+](=O)[O-])cc1. The highest BCUT2D eigenvalue weighted by Crippen LogP contribution is 2.18. The third-order valence-corrected chi connectivity index (χ3v) is 5.48. The molecule has 0 atom stereocenters. The highest BCUT2D eigenvalue weighted by molar-refractivity contribution is 5.70. The first-order valence-electron chi connectivity index (χ1n) is 10.8. The monoisotopic (exact) mass is 431 g/mol. The highest BCUT2D eigenvalue weighted by atomic mass is 16.6. The molecule has 0 N–H and O–H groups in total. The van der Waals surface area contributed by atoms with Crippen LogP contribution in [-0.4, -0.2) is 43.0 Å². The zero-order valence-electron chi connectivity index (χ0n) is 19.0. The summed E-state index contributed by atoms with van der Waals surface area (Å²) in [6.45, 7) is 6.42. The van der Waals surface area contributed by atoms with E-state index in [2.05, 4.69) is 77.8 Å². The number of non-ortho nitro benzene ring substituents is 1. The van der Waals surface area contributed by atoms with Gasteiger partial charge in [0.2, 0.25) is 0 Å². The third kappa shape index (κ3) is 7.03. The van der Waals surface area contributed by atoms with E-state index in [0.717, 1.165) is 31.7 Å². The van der Waals surface area contributed by atoms with E-state index in [1.807, 2.05) is 18.5 Å². The Balaban J connectivity index is 0.000000243. The van der Waals surface area contributed by atoms with Crippen LogP contribution in [-0.2, 0) is 7.05 Å². The van der Waals surface area contributed by atoms with Crippen molar-refractivity contribution in [2.45, 2.75) is 6.92 Å². The van der Waals surface area contributed by atoms with E-state index in [4.69, 9.17) is 0 Å². The number of likely N-dealkylation sites (N-methyl/N-ethyl adjacent to an activating group) is 1. The molecule has 2 heterocycles. The van der Waals surface area contributed by atoms with E-state index >= 15 is 0 Å². The summed E-state index contributed by atoms with van der Waals surface area (Å²) in [6.07, 6.45) is 8.46. The maximum atomic E-state index is 10.1. The minimum Gasteiger partial charge on any atom is -0.369 e. The fraction of sp³-hybridized carbons (Fsp3) is 0.269. The quantitative estimate of drug-likeness (QED) is 0.350. The lowest BCUT2D eigenvalue weighted by Gasteiger charge is -2.34. The van der Waals surface area contributed by atoms with Gasteiger partial charge >= 0.3 is 0 Å². The van der Waals surface area contributed by atoms with Crippen molar-refractivity contribution in [1.82, 2.24) is 4.90 Å². The Bertz CT molecular complexity index is 1020. The number of rotatable bonds is 4. The maximum absolute atomic E-state index is 10.1. The molecule has 0 bridgehead atoms. The Hall–Kier alpha value is -3.51. The Morgan fingerprint density at radius 3 is 1.91 bits per heavy atom. The zero-order chi connectivity index (χ0) is 22.9. The van der Waals surface area contributed by atoms with Crippen LogP contribution in [0.25, 0.3) is 12.2 Å². The molecule has 1 aliphatic rings. The number of nitro benzene ring substituents is 1. The molecule has 0 amide bonds. The highest BCUT2D eigenvalue weighted by Gasteiger charge is 2.13. The van der Waals surface area contributed by atoms with Gasteiger partial charge in [-0.1, -0.05) is 42.0 Å². The standard InChI is InChI=1S/C19H24N3.C7H7NO2/c1-20-11-9-18(10-12-20)4-3-17-5-7-19(8-6-17)22-15-13-21(2)14-16-22;1-6-2-4-7(5-3-6)8(9)10/h3-12H,13-16H2,1-2H3;2-5H,1H3/q+1;. The van der Waals surface area contributed by atoms with Gasteiger partial charge in [-0.05, 0) is 37.2 Å². The van der Waals surface area contributed by atoms with Crippen LogP contribution in [0.2, 0.25) is 0 Å². The molecule has 2 aromatic carbocycles. The molecule has 3 aromatic rings. The summed E-state index contributed by atoms with van der Waals surface area (Å²) in [5, 5.41) is 10.1. The lowest BCUT2D eigenvalue weighted by Crippen LogP contribution is -2.44. The summed E-state index contributed by atoms with van der Waals surface area (Å²) in [4.78, 5) is 14.6. The first-order chi connectivity index (χ1) is 15.4. The number of hydrogen-bond acceptors (Lipinski definition) is 4. The molecule has 1 saturated heterocycles. The van der Waals surface area contributed by atoms with Crippen molar-refractivity contribution in [2.75, 3.05) is 38.1 Å². The largest absolute Gasteiger partial charge is 0.369 e. The maximum Gasteiger partial charge on any atom is 0.269 e. The van der Waals surface area contributed by atoms with E-state index in [1.165, 1.54) is 28.9 Å². The molecular weight excluding hydrogens is 400 g/mol. The number of hydrogen-bond donors (Lipinski definition) is 0. The molecule has 166 valence electrons. The van der Waals surface area contributed by atoms with Gasteiger partial charge in [0.1, 0.15) is 7.05 Å². The normalized spacial score (nSPS) is 14.2. The molecule has 0 radical (unpaired) electrons. The molecule has 0 aliphatic carbocycles. The minimum atomic E-state index is -0.403.